The zero-order valence-electron chi connectivity index (χ0n) is 16.9. The van der Waals surface area contributed by atoms with Gasteiger partial charge in [0.15, 0.2) is 0 Å². The maximum Gasteiger partial charge on any atom is -0.0156 e. The molecule has 0 heteroatoms. The minimum atomic E-state index is 0.869. The van der Waals surface area contributed by atoms with Crippen LogP contribution in [-0.2, 0) is 6.42 Å². The molecule has 1 aromatic rings. The molecule has 0 N–H and O–H groups in total. The molecule has 0 bridgehead atoms. The molecule has 0 nitrogen and oxygen atoms in total. The summed E-state index contributed by atoms with van der Waals surface area (Å²) in [6.45, 7) is 2.30. The summed E-state index contributed by atoms with van der Waals surface area (Å²) in [4.78, 5) is 0. The number of aryl methyl sites for hydroxylation is 1. The summed E-state index contributed by atoms with van der Waals surface area (Å²) in [6, 6.07) is 9.13. The Labute approximate surface area is 157 Å². The first-order valence-corrected chi connectivity index (χ1v) is 11.5. The maximum atomic E-state index is 2.37. The van der Waals surface area contributed by atoms with Crippen LogP contribution in [0, 0.1) is 0 Å². The van der Waals surface area contributed by atoms with Crippen LogP contribution in [0.15, 0.2) is 24.3 Å². The molecule has 0 amide bonds. The Morgan fingerprint density at radius 2 is 1.20 bits per heavy atom. The van der Waals surface area contributed by atoms with E-state index in [4.69, 9.17) is 0 Å². The Hall–Kier alpha value is -0.780. The Morgan fingerprint density at radius 1 is 0.680 bits per heavy atom. The van der Waals surface area contributed by atoms with Crippen LogP contribution in [0.25, 0.3) is 0 Å². The van der Waals surface area contributed by atoms with E-state index in [9.17, 15) is 0 Å². The van der Waals surface area contributed by atoms with E-state index >= 15 is 0 Å². The normalized spacial score (nSPS) is 16.3. The molecule has 142 valence electrons. The predicted molar refractivity (Wildman–Crippen MR) is 112 cm³/mol. The van der Waals surface area contributed by atoms with E-state index in [2.05, 4.69) is 31.2 Å². The smallest absolute Gasteiger partial charge is 0.0156 e. The van der Waals surface area contributed by atoms with Gasteiger partial charge in [0.2, 0.25) is 0 Å². The van der Waals surface area contributed by atoms with Crippen LogP contribution in [-0.4, -0.2) is 0 Å². The fourth-order valence-electron chi connectivity index (χ4n) is 4.53. The highest BCUT2D eigenvalue weighted by molar-refractivity contribution is 5.34. The Morgan fingerprint density at radius 3 is 1.80 bits per heavy atom. The van der Waals surface area contributed by atoms with Gasteiger partial charge in [0.05, 0.1) is 0 Å². The van der Waals surface area contributed by atoms with Crippen LogP contribution in [0.4, 0.5) is 0 Å². The van der Waals surface area contributed by atoms with Gasteiger partial charge in [-0.3, -0.25) is 0 Å². The molecule has 0 heterocycles. The van der Waals surface area contributed by atoms with E-state index in [0.717, 1.165) is 5.92 Å². The number of hydrogen-bond donors (Lipinski definition) is 0. The summed E-state index contributed by atoms with van der Waals surface area (Å²) in [5, 5.41) is 0. The van der Waals surface area contributed by atoms with Crippen molar-refractivity contribution in [3.8, 4) is 0 Å². The highest BCUT2D eigenvalue weighted by atomic mass is 14.3. The molecule has 0 aromatic heterocycles. The number of rotatable bonds is 15. The topological polar surface area (TPSA) is 0 Å². The lowest BCUT2D eigenvalue weighted by atomic mass is 9.94. The standard InChI is InChI=1S/C25H42/c1-2-3-4-5-6-7-8-9-10-11-12-13-14-15-18-23-21-22-24-19-16-17-20-25(23)24/h16-17,19-20,23H,2-15,18,21-22H2,1H3. The molecule has 2 rings (SSSR count). The maximum absolute atomic E-state index is 2.37. The van der Waals surface area contributed by atoms with E-state index in [1.165, 1.54) is 109 Å². The summed E-state index contributed by atoms with van der Waals surface area (Å²) < 4.78 is 0. The Kier molecular flexibility index (Phi) is 11.0. The second-order valence-electron chi connectivity index (χ2n) is 8.32. The summed E-state index contributed by atoms with van der Waals surface area (Å²) in [5.41, 5.74) is 3.29. The van der Waals surface area contributed by atoms with Crippen molar-refractivity contribution in [3.05, 3.63) is 35.4 Å². The van der Waals surface area contributed by atoms with Gasteiger partial charge in [-0.2, -0.15) is 0 Å². The first-order valence-electron chi connectivity index (χ1n) is 11.5. The third-order valence-corrected chi connectivity index (χ3v) is 6.16. The zero-order valence-corrected chi connectivity index (χ0v) is 16.9. The van der Waals surface area contributed by atoms with Crippen LogP contribution < -0.4 is 0 Å². The quantitative estimate of drug-likeness (QED) is 0.280. The Balaban J connectivity index is 1.34. The Bertz CT molecular complexity index is 433. The van der Waals surface area contributed by atoms with E-state index in [1.54, 1.807) is 11.1 Å². The fraction of sp³-hybridized carbons (Fsp3) is 0.760. The van der Waals surface area contributed by atoms with Gasteiger partial charge in [-0.15, -0.1) is 0 Å². The van der Waals surface area contributed by atoms with E-state index in [0.29, 0.717) is 0 Å². The molecule has 0 aliphatic heterocycles. The lowest BCUT2D eigenvalue weighted by molar-refractivity contribution is 0.516. The first kappa shape index (κ1) is 20.5. The molecular formula is C25H42. The molecule has 0 saturated heterocycles. The summed E-state index contributed by atoms with van der Waals surface area (Å²) in [5.74, 6) is 0.869. The minimum absolute atomic E-state index is 0.869. The van der Waals surface area contributed by atoms with Crippen LogP contribution in [0.1, 0.15) is 127 Å². The molecule has 0 saturated carbocycles. The molecule has 1 atom stereocenters. The lowest BCUT2D eigenvalue weighted by Gasteiger charge is -2.11. The molecule has 25 heavy (non-hydrogen) atoms. The molecule has 0 fully saturated rings. The summed E-state index contributed by atoms with van der Waals surface area (Å²) >= 11 is 0. The van der Waals surface area contributed by atoms with Crippen LogP contribution in [0.2, 0.25) is 0 Å². The molecule has 0 radical (unpaired) electrons. The van der Waals surface area contributed by atoms with Crippen molar-refractivity contribution in [2.75, 3.05) is 0 Å². The SMILES string of the molecule is CCCCCCCCCCCCCCCCC1CCc2ccccc21. The van der Waals surface area contributed by atoms with Crippen molar-refractivity contribution in [2.45, 2.75) is 122 Å². The van der Waals surface area contributed by atoms with Crippen molar-refractivity contribution in [1.82, 2.24) is 0 Å². The van der Waals surface area contributed by atoms with E-state index in [1.807, 2.05) is 0 Å². The summed E-state index contributed by atoms with van der Waals surface area (Å²) in [6.07, 6.45) is 24.6. The van der Waals surface area contributed by atoms with Crippen LogP contribution in [0.5, 0.6) is 0 Å². The van der Waals surface area contributed by atoms with Gasteiger partial charge in [0.25, 0.3) is 0 Å². The van der Waals surface area contributed by atoms with E-state index < -0.39 is 0 Å². The molecule has 1 aliphatic carbocycles. The molecule has 1 aromatic carbocycles. The predicted octanol–water partition coefficient (Wildman–Crippen LogP) is 8.59. The van der Waals surface area contributed by atoms with Gasteiger partial charge in [-0.25, -0.2) is 0 Å². The highest BCUT2D eigenvalue weighted by Gasteiger charge is 2.20. The first-order chi connectivity index (χ1) is 12.4. The van der Waals surface area contributed by atoms with Gasteiger partial charge in [-0.1, -0.05) is 121 Å². The van der Waals surface area contributed by atoms with Crippen molar-refractivity contribution < 1.29 is 0 Å². The second kappa shape index (κ2) is 13.4. The third-order valence-electron chi connectivity index (χ3n) is 6.16. The van der Waals surface area contributed by atoms with Crippen molar-refractivity contribution in [3.63, 3.8) is 0 Å². The van der Waals surface area contributed by atoms with Gasteiger partial charge in [-0.05, 0) is 36.3 Å². The zero-order chi connectivity index (χ0) is 17.6. The van der Waals surface area contributed by atoms with Gasteiger partial charge in [0.1, 0.15) is 0 Å². The molecule has 1 unspecified atom stereocenters. The number of unbranched alkanes of at least 4 members (excludes halogenated alkanes) is 13. The number of hydrogen-bond acceptors (Lipinski definition) is 0. The van der Waals surface area contributed by atoms with Crippen molar-refractivity contribution >= 4 is 0 Å². The number of benzene rings is 1. The van der Waals surface area contributed by atoms with Crippen molar-refractivity contribution in [1.29, 1.82) is 0 Å². The number of fused-ring (bicyclic) bond motifs is 1. The molecule has 0 spiro atoms. The highest BCUT2D eigenvalue weighted by Crippen LogP contribution is 2.36. The monoisotopic (exact) mass is 342 g/mol. The average molecular weight is 343 g/mol. The summed E-state index contributed by atoms with van der Waals surface area (Å²) in [7, 11) is 0. The van der Waals surface area contributed by atoms with Crippen LogP contribution in [0.3, 0.4) is 0 Å². The fourth-order valence-corrected chi connectivity index (χ4v) is 4.53. The lowest BCUT2D eigenvalue weighted by Crippen LogP contribution is -1.93. The van der Waals surface area contributed by atoms with E-state index in [-0.39, 0.29) is 0 Å². The largest absolute Gasteiger partial charge is 0.0654 e. The molecule has 1 aliphatic rings. The average Bonchev–Trinajstić information content (AvgIpc) is 3.05. The van der Waals surface area contributed by atoms with Gasteiger partial charge >= 0.3 is 0 Å². The van der Waals surface area contributed by atoms with Gasteiger partial charge < -0.3 is 0 Å². The third kappa shape index (κ3) is 8.43. The van der Waals surface area contributed by atoms with Crippen LogP contribution >= 0.6 is 0 Å². The van der Waals surface area contributed by atoms with Gasteiger partial charge in [0, 0.05) is 0 Å². The van der Waals surface area contributed by atoms with Crippen molar-refractivity contribution in [2.24, 2.45) is 0 Å². The minimum Gasteiger partial charge on any atom is -0.0654 e. The molecular weight excluding hydrogens is 300 g/mol. The second-order valence-corrected chi connectivity index (χ2v) is 8.32.